The highest BCUT2D eigenvalue weighted by Crippen LogP contribution is 2.09. The van der Waals surface area contributed by atoms with Gasteiger partial charge in [0.15, 0.2) is 17.4 Å². The lowest BCUT2D eigenvalue weighted by Crippen LogP contribution is -2.33. The molecule has 0 aliphatic heterocycles. The first-order valence-corrected chi connectivity index (χ1v) is 10.6. The van der Waals surface area contributed by atoms with Gasteiger partial charge in [0.05, 0.1) is 0 Å². The summed E-state index contributed by atoms with van der Waals surface area (Å²) >= 11 is 0. The molecule has 74 valence electrons. The predicted molar refractivity (Wildman–Crippen MR) is 60.5 cm³/mol. The van der Waals surface area contributed by atoms with E-state index in [-0.39, 0.29) is 0 Å². The summed E-state index contributed by atoms with van der Waals surface area (Å²) in [7, 11) is -2.17. The Morgan fingerprint density at radius 3 is 2.25 bits per heavy atom. The van der Waals surface area contributed by atoms with Gasteiger partial charge in [0.2, 0.25) is 0 Å². The summed E-state index contributed by atoms with van der Waals surface area (Å²) in [6.07, 6.45) is 1.12. The number of nitrogens with two attached hydrogens (primary N) is 1. The van der Waals surface area contributed by atoms with E-state index in [0.717, 1.165) is 6.42 Å². The van der Waals surface area contributed by atoms with E-state index >= 15 is 0 Å². The second-order valence-corrected chi connectivity index (χ2v) is 12.0. The molecule has 0 heterocycles. The van der Waals surface area contributed by atoms with Crippen molar-refractivity contribution in [2.75, 3.05) is 0 Å². The molecule has 0 radical (unpaired) electrons. The van der Waals surface area contributed by atoms with E-state index in [1.54, 1.807) is 0 Å². The van der Waals surface area contributed by atoms with Crippen molar-refractivity contribution < 1.29 is 4.12 Å². The van der Waals surface area contributed by atoms with Gasteiger partial charge < -0.3 is 9.85 Å². The summed E-state index contributed by atoms with van der Waals surface area (Å²) in [5.74, 6) is 0. The van der Waals surface area contributed by atoms with Crippen molar-refractivity contribution in [3.63, 3.8) is 0 Å². The summed E-state index contributed by atoms with van der Waals surface area (Å²) in [4.78, 5) is 0. The van der Waals surface area contributed by atoms with Crippen LogP contribution in [0.25, 0.3) is 0 Å². The smallest absolute Gasteiger partial charge is 0.170 e. The van der Waals surface area contributed by atoms with Crippen LogP contribution in [0.4, 0.5) is 0 Å². The van der Waals surface area contributed by atoms with E-state index < -0.39 is 17.4 Å². The molecular weight excluding hydrogens is 182 g/mol. The maximum atomic E-state index is 6.01. The SMILES string of the molecule is CC(N)CC[SiH](C)O[Si](C)(C)C. The molecule has 0 aromatic rings. The molecule has 4 heteroatoms. The predicted octanol–water partition coefficient (Wildman–Crippen LogP) is 1.93. The minimum absolute atomic E-state index is 0.338. The van der Waals surface area contributed by atoms with Gasteiger partial charge in [0, 0.05) is 6.04 Å². The Balaban J connectivity index is 3.53. The number of rotatable bonds is 5. The average molecular weight is 205 g/mol. The van der Waals surface area contributed by atoms with Crippen LogP contribution in [0.2, 0.25) is 32.2 Å². The molecule has 0 saturated carbocycles. The van der Waals surface area contributed by atoms with Crippen molar-refractivity contribution >= 4 is 17.4 Å². The van der Waals surface area contributed by atoms with E-state index in [1.807, 2.05) is 0 Å². The van der Waals surface area contributed by atoms with Gasteiger partial charge in [-0.3, -0.25) is 0 Å². The molecule has 0 aliphatic carbocycles. The summed E-state index contributed by atoms with van der Waals surface area (Å²) < 4.78 is 6.01. The summed E-state index contributed by atoms with van der Waals surface area (Å²) in [5, 5.41) is 0. The lowest BCUT2D eigenvalue weighted by atomic mass is 10.3. The summed E-state index contributed by atoms with van der Waals surface area (Å²) in [5.41, 5.74) is 5.68. The van der Waals surface area contributed by atoms with Gasteiger partial charge in [-0.25, -0.2) is 0 Å². The molecule has 2 atom stereocenters. The molecule has 0 saturated heterocycles. The molecular formula is C8H23NOSi2. The van der Waals surface area contributed by atoms with Crippen molar-refractivity contribution in [3.8, 4) is 0 Å². The van der Waals surface area contributed by atoms with Gasteiger partial charge in [-0.1, -0.05) is 0 Å². The third-order valence-electron chi connectivity index (χ3n) is 1.58. The third-order valence-corrected chi connectivity index (χ3v) is 7.17. The summed E-state index contributed by atoms with van der Waals surface area (Å²) in [6.45, 7) is 11.1. The minimum Gasteiger partial charge on any atom is -0.458 e. The second-order valence-electron chi connectivity index (χ2n) is 4.60. The highest BCUT2D eigenvalue weighted by Gasteiger charge is 2.18. The molecule has 0 spiro atoms. The molecule has 0 amide bonds. The first-order chi connectivity index (χ1) is 5.31. The highest BCUT2D eigenvalue weighted by atomic mass is 28.4. The molecule has 0 rings (SSSR count). The zero-order valence-corrected chi connectivity index (χ0v) is 11.2. The first kappa shape index (κ1) is 12.4. The van der Waals surface area contributed by atoms with Crippen LogP contribution >= 0.6 is 0 Å². The van der Waals surface area contributed by atoms with Crippen molar-refractivity contribution in [3.05, 3.63) is 0 Å². The van der Waals surface area contributed by atoms with Gasteiger partial charge in [0.25, 0.3) is 0 Å². The number of hydrogen-bond donors (Lipinski definition) is 1. The van der Waals surface area contributed by atoms with Crippen LogP contribution in [0.5, 0.6) is 0 Å². The van der Waals surface area contributed by atoms with Crippen LogP contribution in [-0.4, -0.2) is 23.4 Å². The van der Waals surface area contributed by atoms with Crippen LogP contribution in [-0.2, 0) is 4.12 Å². The quantitative estimate of drug-likeness (QED) is 0.696. The molecule has 12 heavy (non-hydrogen) atoms. The molecule has 0 fully saturated rings. The molecule has 0 bridgehead atoms. The lowest BCUT2D eigenvalue weighted by Gasteiger charge is -2.23. The normalized spacial score (nSPS) is 17.5. The lowest BCUT2D eigenvalue weighted by molar-refractivity contribution is 0.562. The van der Waals surface area contributed by atoms with Crippen LogP contribution in [0.3, 0.4) is 0 Å². The Morgan fingerprint density at radius 2 is 1.92 bits per heavy atom. The van der Waals surface area contributed by atoms with Crippen LogP contribution < -0.4 is 5.73 Å². The van der Waals surface area contributed by atoms with Gasteiger partial charge >= 0.3 is 0 Å². The van der Waals surface area contributed by atoms with Crippen molar-refractivity contribution in [2.45, 2.75) is 51.6 Å². The molecule has 0 aromatic carbocycles. The maximum absolute atomic E-state index is 6.01. The van der Waals surface area contributed by atoms with Crippen LogP contribution in [0.1, 0.15) is 13.3 Å². The fourth-order valence-electron chi connectivity index (χ4n) is 1.16. The fourth-order valence-corrected chi connectivity index (χ4v) is 7.46. The van der Waals surface area contributed by atoms with Gasteiger partial charge in [0.1, 0.15) is 0 Å². The average Bonchev–Trinajstić information content (AvgIpc) is 1.79. The number of hydrogen-bond acceptors (Lipinski definition) is 2. The van der Waals surface area contributed by atoms with Crippen molar-refractivity contribution in [1.29, 1.82) is 0 Å². The van der Waals surface area contributed by atoms with Gasteiger partial charge in [-0.2, -0.15) is 0 Å². The molecule has 2 N–H and O–H groups in total. The maximum Gasteiger partial charge on any atom is 0.170 e. The van der Waals surface area contributed by atoms with E-state index in [9.17, 15) is 0 Å². The fraction of sp³-hybridized carbons (Fsp3) is 1.00. The van der Waals surface area contributed by atoms with Gasteiger partial charge in [-0.15, -0.1) is 0 Å². The van der Waals surface area contributed by atoms with Crippen LogP contribution in [0.15, 0.2) is 0 Å². The minimum atomic E-state index is -1.27. The van der Waals surface area contributed by atoms with E-state index in [1.165, 1.54) is 6.04 Å². The standard InChI is InChI=1S/C8H23NOSi2/c1-8(9)6-7-11(2)10-12(3,4)5/h8,11H,6-7,9H2,1-5H3. The Kier molecular flexibility index (Phi) is 5.32. The van der Waals surface area contributed by atoms with Gasteiger partial charge in [-0.05, 0) is 45.6 Å². The van der Waals surface area contributed by atoms with E-state index in [4.69, 9.17) is 9.85 Å². The Labute approximate surface area is 79.4 Å². The molecule has 0 aromatic heterocycles. The summed E-state index contributed by atoms with van der Waals surface area (Å²) in [6, 6.07) is 1.56. The monoisotopic (exact) mass is 205 g/mol. The Hall–Kier alpha value is 0.354. The highest BCUT2D eigenvalue weighted by molar-refractivity contribution is 6.77. The topological polar surface area (TPSA) is 35.2 Å². The largest absolute Gasteiger partial charge is 0.458 e. The van der Waals surface area contributed by atoms with Crippen molar-refractivity contribution in [2.24, 2.45) is 5.73 Å². The van der Waals surface area contributed by atoms with E-state index in [2.05, 4.69) is 33.1 Å². The van der Waals surface area contributed by atoms with Crippen molar-refractivity contribution in [1.82, 2.24) is 0 Å². The molecule has 2 nitrogen and oxygen atoms in total. The second kappa shape index (κ2) is 5.16. The Bertz CT molecular complexity index is 123. The zero-order chi connectivity index (χ0) is 9.78. The van der Waals surface area contributed by atoms with E-state index in [0.29, 0.717) is 6.04 Å². The first-order valence-electron chi connectivity index (χ1n) is 4.74. The Morgan fingerprint density at radius 1 is 1.42 bits per heavy atom. The molecule has 0 aliphatic rings. The third kappa shape index (κ3) is 8.45. The molecule has 2 unspecified atom stereocenters. The zero-order valence-electron chi connectivity index (χ0n) is 9.05. The van der Waals surface area contributed by atoms with Crippen LogP contribution in [0, 0.1) is 0 Å².